The van der Waals surface area contributed by atoms with Gasteiger partial charge in [-0.3, -0.25) is 24.0 Å². The Hall–Kier alpha value is -13.9. The molecule has 0 saturated carbocycles. The predicted molar refractivity (Wildman–Crippen MR) is 481 cm³/mol. The number of para-hydroxylation sites is 5. The summed E-state index contributed by atoms with van der Waals surface area (Å²) < 4.78 is 82.7. The zero-order valence-electron chi connectivity index (χ0n) is 70.0. The lowest BCUT2D eigenvalue weighted by Gasteiger charge is -2.44. The lowest BCUT2D eigenvalue weighted by atomic mass is 10.0. The Morgan fingerprint density at radius 3 is 0.897 bits per heavy atom. The largest absolute Gasteiger partial charge is 0.508 e. The van der Waals surface area contributed by atoms with Crippen LogP contribution in [-0.4, -0.2) is 183 Å². The van der Waals surface area contributed by atoms with Crippen molar-refractivity contribution in [2.75, 3.05) is 147 Å². The minimum atomic E-state index is -1.00. The van der Waals surface area contributed by atoms with Crippen LogP contribution in [0.5, 0.6) is 28.7 Å². The molecule has 10 aromatic carbocycles. The Bertz CT molecular complexity index is 5060. The van der Waals surface area contributed by atoms with Crippen LogP contribution < -0.4 is 77.7 Å². The molecule has 5 amide bonds. The van der Waals surface area contributed by atoms with Crippen LogP contribution >= 0.6 is 0 Å². The summed E-state index contributed by atoms with van der Waals surface area (Å²) in [5.41, 5.74) is 34.9. The van der Waals surface area contributed by atoms with Gasteiger partial charge in [0.1, 0.15) is 11.6 Å². The topological polar surface area (TPSA) is 349 Å². The number of hydrogen-bond donors (Lipinski definition) is 10. The van der Waals surface area contributed by atoms with Crippen molar-refractivity contribution in [1.29, 1.82) is 0 Å². The minimum Gasteiger partial charge on any atom is -0.508 e. The number of phenols is 5. The number of carbonyl (C=O) groups excluding carboxylic acids is 5. The normalized spacial score (nSPS) is 17.5. The minimum absolute atomic E-state index is 0.00246. The second-order valence-electron chi connectivity index (χ2n) is 31.5. The van der Waals surface area contributed by atoms with Crippen molar-refractivity contribution in [3.63, 3.8) is 0 Å². The highest BCUT2D eigenvalue weighted by molar-refractivity contribution is 5.76. The van der Waals surface area contributed by atoms with Crippen LogP contribution in [0.25, 0.3) is 0 Å². The number of carbonyl (C=O) groups is 5. The smallest absolute Gasteiger partial charge is 0.217 e. The molecule has 0 bridgehead atoms. The molecule has 5 unspecified atom stereocenters. The fraction of sp³-hybridized carbons (Fsp3) is 0.316. The third kappa shape index (κ3) is 26.1. The van der Waals surface area contributed by atoms with Crippen molar-refractivity contribution in [2.24, 2.45) is 28.7 Å². The molecule has 5 fully saturated rings. The fourth-order valence-electron chi connectivity index (χ4n) is 16.6. The number of aromatic hydroxyl groups is 5. The highest BCUT2D eigenvalue weighted by atomic mass is 19.2. The van der Waals surface area contributed by atoms with Gasteiger partial charge in [0, 0.05) is 248 Å². The van der Waals surface area contributed by atoms with Gasteiger partial charge in [-0.05, 0) is 135 Å². The van der Waals surface area contributed by atoms with E-state index in [1.165, 1.54) is 36.4 Å². The van der Waals surface area contributed by atoms with E-state index in [4.69, 9.17) is 28.7 Å². The number of rotatable bonds is 25. The van der Waals surface area contributed by atoms with E-state index < -0.39 is 46.6 Å². The van der Waals surface area contributed by atoms with Crippen molar-refractivity contribution in [1.82, 2.24) is 0 Å². The third-order valence-electron chi connectivity index (χ3n) is 23.0. The molecular weight excluding hydrogens is 1630 g/mol. The molecule has 0 spiro atoms. The van der Waals surface area contributed by atoms with Crippen LogP contribution in [0.1, 0.15) is 64.2 Å². The number of halogens is 6. The highest BCUT2D eigenvalue weighted by Crippen LogP contribution is 2.38. The van der Waals surface area contributed by atoms with Crippen molar-refractivity contribution >= 4 is 86.4 Å². The van der Waals surface area contributed by atoms with E-state index in [9.17, 15) is 75.8 Å². The van der Waals surface area contributed by atoms with Crippen molar-refractivity contribution in [3.8, 4) is 28.7 Å². The first-order valence-electron chi connectivity index (χ1n) is 42.0. The van der Waals surface area contributed by atoms with E-state index >= 15 is 0 Å². The Kier molecular flexibility index (Phi) is 33.1. The van der Waals surface area contributed by atoms with Gasteiger partial charge >= 0.3 is 0 Å². The van der Waals surface area contributed by atoms with E-state index in [1.807, 2.05) is 130 Å². The summed E-state index contributed by atoms with van der Waals surface area (Å²) in [7, 11) is 0. The number of piperazine rings is 5. The molecule has 31 heteroatoms. The molecule has 15 rings (SSSR count). The number of benzene rings is 10. The second-order valence-corrected chi connectivity index (χ2v) is 31.5. The molecule has 5 heterocycles. The molecule has 5 aliphatic heterocycles. The maximum absolute atomic E-state index is 14.4. The summed E-state index contributed by atoms with van der Waals surface area (Å²) in [6, 6.07) is 69.6. The summed E-state index contributed by atoms with van der Waals surface area (Å²) in [5.74, 6) is -8.36. The van der Waals surface area contributed by atoms with Gasteiger partial charge in [0.2, 0.25) is 29.5 Å². The standard InChI is InChI=1S/C19H21F2N3O2.4C19H22FN3O2/c20-16-10-15(11-17(21)19(16)26)24-9-8-23(13-4-2-1-3-5-13)12-14(24)6-7-18(22)25;20-19-16(7-4-8-17(19)24)23-12-11-22(14-5-2-1-3-6-14)13-15(23)9-10-18(21)25;20-17-12-15(6-8-18(17)24)23-11-10-22(14-4-2-1-3-5-14)13-16(23)7-9-19(21)25;20-17-8-6-15(12-18(17)24)23-11-10-22(14-4-2-1-3-5-14)13-16(23)7-9-19(21)25;20-14-10-17(12-18(24)11-14)23-9-8-22(15-4-2-1-3-5-15)13-16(23)6-7-19(21)25/h1-5,10-11,14,26H,6-9,12H2,(H2,22,25);1-8,15,24H,9-13H2,(H2,21,25);2*1-6,8,12,16,24H,7,9-11,13H2,(H2,21,25);1-5,10-12,16,24H,6-9,13H2,(H2,21,25). The van der Waals surface area contributed by atoms with Crippen LogP contribution in [0.3, 0.4) is 0 Å². The lowest BCUT2D eigenvalue weighted by molar-refractivity contribution is -0.119. The maximum atomic E-state index is 14.4. The van der Waals surface area contributed by atoms with Crippen molar-refractivity contribution in [2.45, 2.75) is 94.4 Å². The van der Waals surface area contributed by atoms with Crippen LogP contribution in [0.4, 0.5) is 83.2 Å². The summed E-state index contributed by atoms with van der Waals surface area (Å²) in [5, 5.41) is 47.8. The van der Waals surface area contributed by atoms with E-state index in [2.05, 4.69) is 70.7 Å². The molecule has 5 aliphatic rings. The van der Waals surface area contributed by atoms with E-state index in [-0.39, 0.29) is 109 Å². The summed E-state index contributed by atoms with van der Waals surface area (Å²) in [4.78, 5) is 77.4. The first-order chi connectivity index (χ1) is 60.6. The van der Waals surface area contributed by atoms with Gasteiger partial charge in [0.15, 0.2) is 52.1 Å². The van der Waals surface area contributed by atoms with Gasteiger partial charge in [0.25, 0.3) is 0 Å². The zero-order chi connectivity index (χ0) is 89.9. The molecule has 0 aliphatic carbocycles. The lowest BCUT2D eigenvalue weighted by Crippen LogP contribution is -2.54. The first-order valence-corrected chi connectivity index (χ1v) is 42.0. The molecule has 15 N–H and O–H groups in total. The van der Waals surface area contributed by atoms with Gasteiger partial charge < -0.3 is 103 Å². The average Bonchev–Trinajstić information content (AvgIpc) is 0.820. The number of nitrogens with two attached hydrogens (primary N) is 5. The Balaban J connectivity index is 0.000000153. The molecule has 126 heavy (non-hydrogen) atoms. The molecule has 666 valence electrons. The maximum Gasteiger partial charge on any atom is 0.217 e. The molecular formula is C95H109F6N15O10. The average molecular weight is 1740 g/mol. The number of hydrogen-bond acceptors (Lipinski definition) is 20. The first kappa shape index (κ1) is 92.8. The van der Waals surface area contributed by atoms with E-state index in [1.54, 1.807) is 30.3 Å². The molecule has 5 saturated heterocycles. The Morgan fingerprint density at radius 2 is 0.571 bits per heavy atom. The van der Waals surface area contributed by atoms with Crippen molar-refractivity contribution < 1.29 is 75.8 Å². The van der Waals surface area contributed by atoms with Crippen LogP contribution in [0.15, 0.2) is 237 Å². The highest BCUT2D eigenvalue weighted by Gasteiger charge is 2.35. The molecule has 0 aromatic heterocycles. The third-order valence-corrected chi connectivity index (χ3v) is 23.0. The molecule has 0 radical (unpaired) electrons. The SMILES string of the molecule is NC(=O)CCC1CN(c2ccccc2)CCN1c1cc(F)c(O)c(F)c1.NC(=O)CCC1CN(c2ccccc2)CCN1c1cc(O)cc(F)c1.NC(=O)CCC1CN(c2ccccc2)CCN1c1ccc(F)c(O)c1.NC(=O)CCC1CN(c2ccccc2)CCN1c1ccc(O)c(F)c1.NC(=O)CCC1CN(c2ccccc2)CCN1c1cccc(O)c1F. The summed E-state index contributed by atoms with van der Waals surface area (Å²) in [6.07, 6.45) is 4.06. The van der Waals surface area contributed by atoms with Crippen molar-refractivity contribution in [3.05, 3.63) is 271 Å². The van der Waals surface area contributed by atoms with Gasteiger partial charge in [0.05, 0.1) is 5.69 Å². The van der Waals surface area contributed by atoms with Gasteiger partial charge in [-0.25, -0.2) is 26.3 Å². The van der Waals surface area contributed by atoms with Gasteiger partial charge in [-0.1, -0.05) is 97.1 Å². The van der Waals surface area contributed by atoms with Crippen LogP contribution in [0, 0.1) is 34.9 Å². The Labute approximate surface area is 729 Å². The van der Waals surface area contributed by atoms with Crippen LogP contribution in [0.2, 0.25) is 0 Å². The number of phenolic OH excluding ortho intramolecular Hbond substituents is 5. The molecule has 10 aromatic rings. The quantitative estimate of drug-likeness (QED) is 0.0238. The fourth-order valence-corrected chi connectivity index (χ4v) is 16.6. The second kappa shape index (κ2) is 45.0. The molecule has 25 nitrogen and oxygen atoms in total. The summed E-state index contributed by atoms with van der Waals surface area (Å²) >= 11 is 0. The monoisotopic (exact) mass is 1730 g/mol. The van der Waals surface area contributed by atoms with E-state index in [0.29, 0.717) is 114 Å². The zero-order valence-corrected chi connectivity index (χ0v) is 70.0. The predicted octanol–water partition coefficient (Wildman–Crippen LogP) is 12.6. The number of nitrogens with zero attached hydrogens (tertiary/aromatic N) is 10. The van der Waals surface area contributed by atoms with Gasteiger partial charge in [-0.2, -0.15) is 0 Å². The number of amides is 5. The summed E-state index contributed by atoms with van der Waals surface area (Å²) in [6.45, 7) is 10.4. The number of primary amides is 5. The number of anilines is 10. The Morgan fingerprint density at radius 1 is 0.270 bits per heavy atom. The molecule has 5 atom stereocenters. The van der Waals surface area contributed by atoms with Gasteiger partial charge in [-0.15, -0.1) is 0 Å². The van der Waals surface area contributed by atoms with Crippen LogP contribution in [-0.2, 0) is 24.0 Å². The van der Waals surface area contributed by atoms with E-state index in [0.717, 1.165) is 91.6 Å².